The highest BCUT2D eigenvalue weighted by molar-refractivity contribution is 5.82. The van der Waals surface area contributed by atoms with E-state index >= 15 is 0 Å². The SMILES string of the molecule is CCC(=O)[C@@H]1[C@@H]2CCC(C[C@H]1OC(c1ccc(F)cc1)c1ccc(F)cc1)O2. The van der Waals surface area contributed by atoms with Crippen LogP contribution in [0.15, 0.2) is 48.5 Å². The van der Waals surface area contributed by atoms with Crippen molar-refractivity contribution in [2.24, 2.45) is 5.92 Å². The largest absolute Gasteiger partial charge is 0.374 e. The summed E-state index contributed by atoms with van der Waals surface area (Å²) in [5.41, 5.74) is 1.55. The van der Waals surface area contributed by atoms with Gasteiger partial charge in [0, 0.05) is 12.8 Å². The van der Waals surface area contributed by atoms with Crippen molar-refractivity contribution < 1.29 is 23.0 Å². The molecule has 2 aromatic rings. The number of carbonyl (C=O) groups excluding carboxylic acids is 1. The molecule has 2 aliphatic rings. The fourth-order valence-corrected chi connectivity index (χ4v) is 4.41. The number of ether oxygens (including phenoxy) is 2. The molecule has 0 N–H and O–H groups in total. The van der Waals surface area contributed by atoms with Crippen molar-refractivity contribution in [2.45, 2.75) is 57.0 Å². The van der Waals surface area contributed by atoms with Crippen molar-refractivity contribution in [1.29, 1.82) is 0 Å². The monoisotopic (exact) mass is 386 g/mol. The normalized spacial score (nSPS) is 26.6. The number of benzene rings is 2. The van der Waals surface area contributed by atoms with Gasteiger partial charge in [-0.25, -0.2) is 8.78 Å². The summed E-state index contributed by atoms with van der Waals surface area (Å²) in [6.07, 6.45) is 2.14. The average molecular weight is 386 g/mol. The second-order valence-corrected chi connectivity index (χ2v) is 7.61. The third-order valence-corrected chi connectivity index (χ3v) is 5.81. The zero-order chi connectivity index (χ0) is 19.7. The molecule has 28 heavy (non-hydrogen) atoms. The van der Waals surface area contributed by atoms with Crippen LogP contribution in [0.25, 0.3) is 0 Å². The molecule has 0 aliphatic carbocycles. The predicted octanol–water partition coefficient (Wildman–Crippen LogP) is 4.99. The van der Waals surface area contributed by atoms with Gasteiger partial charge in [-0.15, -0.1) is 0 Å². The Morgan fingerprint density at radius 3 is 2.14 bits per heavy atom. The molecule has 2 aromatic carbocycles. The van der Waals surface area contributed by atoms with E-state index in [0.29, 0.717) is 12.8 Å². The van der Waals surface area contributed by atoms with E-state index in [1.54, 1.807) is 24.3 Å². The van der Waals surface area contributed by atoms with E-state index in [1.807, 2.05) is 6.92 Å². The molecule has 3 nitrogen and oxygen atoms in total. The van der Waals surface area contributed by atoms with Crippen LogP contribution in [0.4, 0.5) is 8.78 Å². The first-order valence-corrected chi connectivity index (χ1v) is 9.89. The maximum Gasteiger partial charge on any atom is 0.140 e. The molecular weight excluding hydrogens is 362 g/mol. The van der Waals surface area contributed by atoms with Crippen LogP contribution >= 0.6 is 0 Å². The Labute approximate surface area is 163 Å². The maximum atomic E-state index is 13.4. The first kappa shape index (κ1) is 19.2. The van der Waals surface area contributed by atoms with Gasteiger partial charge in [0.1, 0.15) is 23.5 Å². The molecule has 4 rings (SSSR count). The Morgan fingerprint density at radius 2 is 1.61 bits per heavy atom. The number of ketones is 1. The summed E-state index contributed by atoms with van der Waals surface area (Å²) in [4.78, 5) is 12.6. The molecule has 2 heterocycles. The summed E-state index contributed by atoms with van der Waals surface area (Å²) in [5.74, 6) is -0.811. The quantitative estimate of drug-likeness (QED) is 0.702. The van der Waals surface area contributed by atoms with E-state index in [9.17, 15) is 13.6 Å². The van der Waals surface area contributed by atoms with Gasteiger partial charge in [0.05, 0.1) is 24.2 Å². The molecule has 2 saturated heterocycles. The van der Waals surface area contributed by atoms with E-state index in [0.717, 1.165) is 24.0 Å². The van der Waals surface area contributed by atoms with Crippen LogP contribution in [0.5, 0.6) is 0 Å². The van der Waals surface area contributed by atoms with Gasteiger partial charge in [0.2, 0.25) is 0 Å². The van der Waals surface area contributed by atoms with Gasteiger partial charge in [-0.3, -0.25) is 4.79 Å². The first-order chi connectivity index (χ1) is 13.5. The average Bonchev–Trinajstić information content (AvgIpc) is 3.08. The Bertz CT molecular complexity index is 773. The Hall–Kier alpha value is -2.11. The molecule has 2 fully saturated rings. The number of rotatable bonds is 6. The molecule has 0 amide bonds. The standard InChI is InChI=1S/C23H24F2O3/c1-2-19(26)22-20-12-11-18(27-20)13-21(22)28-23(14-3-7-16(24)8-4-14)15-5-9-17(25)10-6-15/h3-10,18,20-23H,2,11-13H2,1H3/t18?,20-,21+,22+/m0/s1. The van der Waals surface area contributed by atoms with Crippen molar-refractivity contribution >= 4 is 5.78 Å². The van der Waals surface area contributed by atoms with Crippen molar-refractivity contribution in [2.75, 3.05) is 0 Å². The van der Waals surface area contributed by atoms with Gasteiger partial charge in [-0.1, -0.05) is 31.2 Å². The first-order valence-electron chi connectivity index (χ1n) is 9.89. The van der Waals surface area contributed by atoms with Gasteiger partial charge < -0.3 is 9.47 Å². The second kappa shape index (κ2) is 8.10. The molecule has 0 saturated carbocycles. The lowest BCUT2D eigenvalue weighted by Gasteiger charge is -2.38. The number of fused-ring (bicyclic) bond motifs is 2. The third kappa shape index (κ3) is 3.87. The Balaban J connectivity index is 1.67. The highest BCUT2D eigenvalue weighted by Gasteiger charge is 2.47. The van der Waals surface area contributed by atoms with Gasteiger partial charge in [0.15, 0.2) is 0 Å². The lowest BCUT2D eigenvalue weighted by Crippen LogP contribution is -2.45. The minimum absolute atomic E-state index is 0.0988. The Kier molecular flexibility index (Phi) is 5.56. The zero-order valence-corrected chi connectivity index (χ0v) is 15.8. The molecule has 5 heteroatoms. The van der Waals surface area contributed by atoms with Crippen LogP contribution in [0, 0.1) is 17.6 Å². The fraction of sp³-hybridized carbons (Fsp3) is 0.435. The topological polar surface area (TPSA) is 35.5 Å². The van der Waals surface area contributed by atoms with Gasteiger partial charge >= 0.3 is 0 Å². The van der Waals surface area contributed by atoms with E-state index < -0.39 is 6.10 Å². The number of Topliss-reactive ketones (excluding diaryl/α,β-unsaturated/α-hetero) is 1. The lowest BCUT2D eigenvalue weighted by molar-refractivity contribution is -0.157. The molecule has 4 atom stereocenters. The van der Waals surface area contributed by atoms with Gasteiger partial charge in [-0.05, 0) is 48.2 Å². The number of hydrogen-bond donors (Lipinski definition) is 0. The highest BCUT2D eigenvalue weighted by atomic mass is 19.1. The number of carbonyl (C=O) groups is 1. The summed E-state index contributed by atoms with van der Waals surface area (Å²) in [5, 5.41) is 0. The Morgan fingerprint density at radius 1 is 1.04 bits per heavy atom. The lowest BCUT2D eigenvalue weighted by atomic mass is 9.86. The third-order valence-electron chi connectivity index (χ3n) is 5.81. The van der Waals surface area contributed by atoms with Crippen molar-refractivity contribution in [3.8, 4) is 0 Å². The summed E-state index contributed by atoms with van der Waals surface area (Å²) in [6.45, 7) is 1.86. The molecule has 0 radical (unpaired) electrons. The van der Waals surface area contributed by atoms with Crippen LogP contribution in [0.3, 0.4) is 0 Å². The van der Waals surface area contributed by atoms with Crippen LogP contribution in [-0.4, -0.2) is 24.1 Å². The molecule has 1 unspecified atom stereocenters. The van der Waals surface area contributed by atoms with E-state index in [-0.39, 0.29) is 41.6 Å². The molecular formula is C23H24F2O3. The van der Waals surface area contributed by atoms with Crippen molar-refractivity contribution in [1.82, 2.24) is 0 Å². The van der Waals surface area contributed by atoms with Crippen LogP contribution < -0.4 is 0 Å². The van der Waals surface area contributed by atoms with E-state index in [1.165, 1.54) is 24.3 Å². The number of hydrogen-bond acceptors (Lipinski definition) is 3. The summed E-state index contributed by atoms with van der Waals surface area (Å²) >= 11 is 0. The van der Waals surface area contributed by atoms with E-state index in [4.69, 9.17) is 9.47 Å². The minimum Gasteiger partial charge on any atom is -0.374 e. The molecule has 2 aliphatic heterocycles. The van der Waals surface area contributed by atoms with Crippen molar-refractivity contribution in [3.05, 3.63) is 71.3 Å². The molecule has 0 aromatic heterocycles. The van der Waals surface area contributed by atoms with Crippen LogP contribution in [0.1, 0.15) is 49.8 Å². The minimum atomic E-state index is -0.504. The zero-order valence-electron chi connectivity index (χ0n) is 15.8. The van der Waals surface area contributed by atoms with Crippen molar-refractivity contribution in [3.63, 3.8) is 0 Å². The molecule has 148 valence electrons. The highest BCUT2D eigenvalue weighted by Crippen LogP contribution is 2.41. The molecule has 0 spiro atoms. The summed E-state index contributed by atoms with van der Waals surface area (Å²) in [7, 11) is 0. The van der Waals surface area contributed by atoms with Crippen LogP contribution in [0.2, 0.25) is 0 Å². The van der Waals surface area contributed by atoms with Gasteiger partial charge in [-0.2, -0.15) is 0 Å². The van der Waals surface area contributed by atoms with Gasteiger partial charge in [0.25, 0.3) is 0 Å². The van der Waals surface area contributed by atoms with E-state index in [2.05, 4.69) is 0 Å². The van der Waals surface area contributed by atoms with Crippen LogP contribution in [-0.2, 0) is 14.3 Å². The maximum absolute atomic E-state index is 13.4. The fourth-order valence-electron chi connectivity index (χ4n) is 4.41. The molecule has 2 bridgehead atoms. The smallest absolute Gasteiger partial charge is 0.140 e. The number of halogens is 2. The predicted molar refractivity (Wildman–Crippen MR) is 101 cm³/mol. The second-order valence-electron chi connectivity index (χ2n) is 7.61. The summed E-state index contributed by atoms with van der Waals surface area (Å²) < 4.78 is 39.4. The summed E-state index contributed by atoms with van der Waals surface area (Å²) in [6, 6.07) is 12.2.